The van der Waals surface area contributed by atoms with Crippen molar-refractivity contribution in [1.29, 1.82) is 0 Å². The van der Waals surface area contributed by atoms with Gasteiger partial charge in [0.2, 0.25) is 5.13 Å². The summed E-state index contributed by atoms with van der Waals surface area (Å²) in [4.78, 5) is 4.54. The zero-order chi connectivity index (χ0) is 16.9. The molecule has 2 aromatic carbocycles. The highest BCUT2D eigenvalue weighted by molar-refractivity contribution is 7.14. The Hall–Kier alpha value is -2.86. The molecule has 0 aliphatic heterocycles. The summed E-state index contributed by atoms with van der Waals surface area (Å²) >= 11 is 1.49. The van der Waals surface area contributed by atoms with Gasteiger partial charge in [0, 0.05) is 10.9 Å². The zero-order valence-corrected chi connectivity index (χ0v) is 14.2. The third-order valence-corrected chi connectivity index (χ3v) is 4.24. The fourth-order valence-electron chi connectivity index (χ4n) is 2.12. The molecule has 0 saturated carbocycles. The number of phenols is 1. The van der Waals surface area contributed by atoms with Crippen LogP contribution in [-0.2, 0) is 0 Å². The predicted octanol–water partition coefficient (Wildman–Crippen LogP) is 4.36. The Bertz CT molecular complexity index is 839. The first-order valence-electron chi connectivity index (χ1n) is 7.35. The number of nitrogens with one attached hydrogen (secondary N) is 1. The van der Waals surface area contributed by atoms with E-state index >= 15 is 0 Å². The molecular weight excluding hydrogens is 322 g/mol. The van der Waals surface area contributed by atoms with Crippen molar-refractivity contribution in [2.75, 3.05) is 12.5 Å². The highest BCUT2D eigenvalue weighted by Crippen LogP contribution is 2.26. The van der Waals surface area contributed by atoms with Crippen LogP contribution in [0.2, 0.25) is 0 Å². The van der Waals surface area contributed by atoms with Crippen molar-refractivity contribution in [3.8, 4) is 22.8 Å². The number of nitrogens with zero attached hydrogens (tertiary/aromatic N) is 2. The summed E-state index contributed by atoms with van der Waals surface area (Å²) in [7, 11) is 1.65. The van der Waals surface area contributed by atoms with Gasteiger partial charge >= 0.3 is 0 Å². The van der Waals surface area contributed by atoms with Crippen molar-refractivity contribution in [1.82, 2.24) is 4.98 Å². The average Bonchev–Trinajstić information content (AvgIpc) is 3.09. The SMILES string of the molecule is COc1ccc(-c2csc(N/N=C(\C)c3ccc(O)cc3)n2)cc1. The molecule has 0 saturated heterocycles. The van der Waals surface area contributed by atoms with Crippen LogP contribution in [0.15, 0.2) is 59.0 Å². The molecule has 3 aromatic rings. The largest absolute Gasteiger partial charge is 0.508 e. The number of phenolic OH excluding ortho intramolecular Hbond substituents is 1. The van der Waals surface area contributed by atoms with E-state index in [4.69, 9.17) is 4.74 Å². The molecule has 6 heteroatoms. The molecule has 0 radical (unpaired) electrons. The van der Waals surface area contributed by atoms with Crippen LogP contribution in [0.25, 0.3) is 11.3 Å². The Labute approximate surface area is 144 Å². The number of aromatic hydroxyl groups is 1. The molecule has 0 amide bonds. The topological polar surface area (TPSA) is 66.7 Å². The van der Waals surface area contributed by atoms with Crippen LogP contribution >= 0.6 is 11.3 Å². The average molecular weight is 339 g/mol. The van der Waals surface area contributed by atoms with Gasteiger partial charge in [-0.3, -0.25) is 5.43 Å². The van der Waals surface area contributed by atoms with Gasteiger partial charge in [-0.1, -0.05) is 0 Å². The maximum absolute atomic E-state index is 9.32. The molecule has 1 heterocycles. The predicted molar refractivity (Wildman–Crippen MR) is 98.0 cm³/mol. The van der Waals surface area contributed by atoms with Gasteiger partial charge < -0.3 is 9.84 Å². The van der Waals surface area contributed by atoms with Gasteiger partial charge in [-0.15, -0.1) is 11.3 Å². The number of benzene rings is 2. The van der Waals surface area contributed by atoms with Crippen LogP contribution in [0.3, 0.4) is 0 Å². The van der Waals surface area contributed by atoms with E-state index in [0.29, 0.717) is 0 Å². The summed E-state index contributed by atoms with van der Waals surface area (Å²) in [6.45, 7) is 1.90. The van der Waals surface area contributed by atoms with Crippen molar-refractivity contribution in [3.05, 3.63) is 59.5 Å². The van der Waals surface area contributed by atoms with E-state index in [-0.39, 0.29) is 5.75 Å². The van der Waals surface area contributed by atoms with Crippen LogP contribution in [-0.4, -0.2) is 22.9 Å². The summed E-state index contributed by atoms with van der Waals surface area (Å²) in [6, 6.07) is 14.7. The number of aromatic nitrogens is 1. The standard InChI is InChI=1S/C18H17N3O2S/c1-12(13-3-7-15(22)8-4-13)20-21-18-19-17(11-24-18)14-5-9-16(23-2)10-6-14/h3-11,22H,1-2H3,(H,19,21)/b20-12+. The number of anilines is 1. The summed E-state index contributed by atoms with van der Waals surface area (Å²) in [5, 5.41) is 16.4. The maximum atomic E-state index is 9.32. The van der Waals surface area contributed by atoms with E-state index in [1.165, 1.54) is 11.3 Å². The second-order valence-corrected chi connectivity index (χ2v) is 5.98. The van der Waals surface area contributed by atoms with Crippen LogP contribution in [0.1, 0.15) is 12.5 Å². The van der Waals surface area contributed by atoms with Gasteiger partial charge in [-0.25, -0.2) is 4.98 Å². The fraction of sp³-hybridized carbons (Fsp3) is 0.111. The Morgan fingerprint density at radius 2 is 1.83 bits per heavy atom. The minimum atomic E-state index is 0.239. The molecule has 0 fully saturated rings. The first-order valence-corrected chi connectivity index (χ1v) is 8.23. The van der Waals surface area contributed by atoms with Gasteiger partial charge in [0.15, 0.2) is 0 Å². The molecule has 3 rings (SSSR count). The van der Waals surface area contributed by atoms with E-state index < -0.39 is 0 Å². The molecule has 0 bridgehead atoms. The van der Waals surface area contributed by atoms with E-state index in [1.54, 1.807) is 19.2 Å². The zero-order valence-electron chi connectivity index (χ0n) is 13.4. The lowest BCUT2D eigenvalue weighted by molar-refractivity contribution is 0.415. The first-order chi connectivity index (χ1) is 11.7. The summed E-state index contributed by atoms with van der Waals surface area (Å²) in [5.74, 6) is 1.06. The van der Waals surface area contributed by atoms with Crippen molar-refractivity contribution >= 4 is 22.2 Å². The van der Waals surface area contributed by atoms with E-state index in [1.807, 2.05) is 48.7 Å². The van der Waals surface area contributed by atoms with Gasteiger partial charge in [0.1, 0.15) is 11.5 Å². The number of rotatable bonds is 5. The molecule has 5 nitrogen and oxygen atoms in total. The molecule has 24 heavy (non-hydrogen) atoms. The summed E-state index contributed by atoms with van der Waals surface area (Å²) in [6.07, 6.45) is 0. The lowest BCUT2D eigenvalue weighted by Crippen LogP contribution is -1.99. The molecule has 0 atom stereocenters. The Balaban J connectivity index is 1.71. The van der Waals surface area contributed by atoms with Gasteiger partial charge in [-0.2, -0.15) is 5.10 Å². The molecular formula is C18H17N3O2S. The lowest BCUT2D eigenvalue weighted by Gasteiger charge is -2.02. The van der Waals surface area contributed by atoms with E-state index in [2.05, 4.69) is 15.5 Å². The Kier molecular flexibility index (Phi) is 4.77. The maximum Gasteiger partial charge on any atom is 0.203 e. The minimum Gasteiger partial charge on any atom is -0.508 e. The van der Waals surface area contributed by atoms with E-state index in [0.717, 1.165) is 33.4 Å². The number of hydrogen-bond acceptors (Lipinski definition) is 6. The Morgan fingerprint density at radius 1 is 1.12 bits per heavy atom. The molecule has 0 spiro atoms. The van der Waals surface area contributed by atoms with Gasteiger partial charge in [0.25, 0.3) is 0 Å². The van der Waals surface area contributed by atoms with E-state index in [9.17, 15) is 5.11 Å². The first kappa shape index (κ1) is 16.0. The van der Waals surface area contributed by atoms with Gasteiger partial charge in [-0.05, 0) is 61.0 Å². The smallest absolute Gasteiger partial charge is 0.203 e. The molecule has 0 aliphatic rings. The fourth-order valence-corrected chi connectivity index (χ4v) is 2.78. The van der Waals surface area contributed by atoms with Crippen LogP contribution in [0.4, 0.5) is 5.13 Å². The molecule has 122 valence electrons. The van der Waals surface area contributed by atoms with Crippen molar-refractivity contribution < 1.29 is 9.84 Å². The second-order valence-electron chi connectivity index (χ2n) is 5.12. The second kappa shape index (κ2) is 7.14. The number of thiazole rings is 1. The lowest BCUT2D eigenvalue weighted by atomic mass is 10.1. The van der Waals surface area contributed by atoms with Crippen molar-refractivity contribution in [2.45, 2.75) is 6.92 Å². The van der Waals surface area contributed by atoms with Crippen LogP contribution < -0.4 is 10.2 Å². The highest BCUT2D eigenvalue weighted by atomic mass is 32.1. The Morgan fingerprint density at radius 3 is 2.50 bits per heavy atom. The number of methoxy groups -OCH3 is 1. The monoisotopic (exact) mass is 339 g/mol. The minimum absolute atomic E-state index is 0.239. The van der Waals surface area contributed by atoms with Crippen molar-refractivity contribution in [2.24, 2.45) is 5.10 Å². The third-order valence-electron chi connectivity index (χ3n) is 3.49. The molecule has 1 aromatic heterocycles. The van der Waals surface area contributed by atoms with Crippen molar-refractivity contribution in [3.63, 3.8) is 0 Å². The van der Waals surface area contributed by atoms with Gasteiger partial charge in [0.05, 0.1) is 18.5 Å². The number of ether oxygens (including phenoxy) is 1. The molecule has 0 unspecified atom stereocenters. The third kappa shape index (κ3) is 3.72. The quantitative estimate of drug-likeness (QED) is 0.535. The number of hydrazone groups is 1. The molecule has 0 aliphatic carbocycles. The summed E-state index contributed by atoms with van der Waals surface area (Å²) < 4.78 is 5.16. The van der Waals surface area contributed by atoms with Crippen LogP contribution in [0, 0.1) is 0 Å². The van der Waals surface area contributed by atoms with Crippen LogP contribution in [0.5, 0.6) is 11.5 Å². The summed E-state index contributed by atoms with van der Waals surface area (Å²) in [5.41, 5.74) is 6.65. The molecule has 2 N–H and O–H groups in total. The highest BCUT2D eigenvalue weighted by Gasteiger charge is 2.05. The normalized spacial score (nSPS) is 11.3. The number of hydrogen-bond donors (Lipinski definition) is 2.